The Morgan fingerprint density at radius 2 is 2.05 bits per heavy atom. The zero-order chi connectivity index (χ0) is 14.4. The van der Waals surface area contributed by atoms with E-state index in [1.807, 2.05) is 18.5 Å². The number of rotatable bonds is 2. The Kier molecular flexibility index (Phi) is 3.14. The highest BCUT2D eigenvalue weighted by Gasteiger charge is 2.29. The van der Waals surface area contributed by atoms with Gasteiger partial charge in [-0.15, -0.1) is 10.2 Å². The number of nitrogens with zero attached hydrogens (tertiary/aromatic N) is 3. The molecule has 20 heavy (non-hydrogen) atoms. The molecule has 1 aromatic heterocycles. The number of anilines is 1. The Bertz CT molecular complexity index is 756. The Labute approximate surface area is 127 Å². The molecule has 8 heteroatoms. The summed E-state index contributed by atoms with van der Waals surface area (Å²) in [5.74, 6) is -0.288. The van der Waals surface area contributed by atoms with Gasteiger partial charge in [-0.3, -0.25) is 9.59 Å². The van der Waals surface area contributed by atoms with Gasteiger partial charge in [-0.05, 0) is 46.7 Å². The van der Waals surface area contributed by atoms with Gasteiger partial charge in [0, 0.05) is 16.4 Å². The Balaban J connectivity index is 2.00. The average Bonchev–Trinajstić information content (AvgIpc) is 2.86. The smallest absolute Gasteiger partial charge is 0.296 e. The number of Topliss-reactive ketones (excluding diaryl/α,β-unsaturated/α-hetero) is 1. The second-order valence-corrected chi connectivity index (χ2v) is 6.17. The summed E-state index contributed by atoms with van der Waals surface area (Å²) in [6, 6.07) is 3.41. The molecule has 0 aliphatic carbocycles. The molecule has 1 aliphatic rings. The van der Waals surface area contributed by atoms with E-state index in [0.717, 1.165) is 20.3 Å². The Morgan fingerprint density at radius 1 is 1.30 bits per heavy atom. The van der Waals surface area contributed by atoms with Crippen LogP contribution in [0.25, 0.3) is 0 Å². The average molecular weight is 353 g/mol. The van der Waals surface area contributed by atoms with Crippen molar-refractivity contribution in [2.45, 2.75) is 17.0 Å². The van der Waals surface area contributed by atoms with Crippen molar-refractivity contribution < 1.29 is 9.59 Å². The van der Waals surface area contributed by atoms with Crippen LogP contribution in [0.15, 0.2) is 26.7 Å². The minimum absolute atomic E-state index is 0.389. The number of nitrogens with one attached hydrogen (secondary N) is 1. The number of aromatic nitrogens is 3. The molecule has 102 valence electrons. The first-order chi connectivity index (χ1) is 9.47. The molecule has 0 radical (unpaired) electrons. The molecule has 0 atom stereocenters. The molecule has 2 heterocycles. The van der Waals surface area contributed by atoms with Gasteiger partial charge in [-0.25, -0.2) is 0 Å². The van der Waals surface area contributed by atoms with Crippen LogP contribution in [0, 0.1) is 6.92 Å². The maximum Gasteiger partial charge on any atom is 0.296 e. The van der Waals surface area contributed by atoms with E-state index >= 15 is 0 Å². The second-order valence-electron chi connectivity index (χ2n) is 4.30. The van der Waals surface area contributed by atoms with Crippen molar-refractivity contribution in [1.29, 1.82) is 0 Å². The number of fused-ring (bicyclic) bond motifs is 1. The molecule has 0 saturated carbocycles. The molecule has 0 bridgehead atoms. The number of carbonyl (C=O) groups is 2. The van der Waals surface area contributed by atoms with E-state index in [4.69, 9.17) is 0 Å². The number of aryl methyl sites for hydroxylation is 1. The summed E-state index contributed by atoms with van der Waals surface area (Å²) in [5, 5.41) is 11.4. The van der Waals surface area contributed by atoms with Gasteiger partial charge in [0.25, 0.3) is 11.7 Å². The van der Waals surface area contributed by atoms with Gasteiger partial charge in [0.1, 0.15) is 5.82 Å². The number of hydrogen-bond acceptors (Lipinski definition) is 5. The highest BCUT2D eigenvalue weighted by atomic mass is 79.9. The molecule has 3 rings (SSSR count). The zero-order valence-electron chi connectivity index (χ0n) is 10.6. The topological polar surface area (TPSA) is 76.9 Å². The maximum atomic E-state index is 11.6. The molecule has 6 nitrogen and oxygen atoms in total. The fourth-order valence-corrected chi connectivity index (χ4v) is 3.27. The van der Waals surface area contributed by atoms with Crippen LogP contribution in [0.4, 0.5) is 5.69 Å². The minimum Gasteiger partial charge on any atom is -0.318 e. The first-order valence-corrected chi connectivity index (χ1v) is 7.31. The predicted molar refractivity (Wildman–Crippen MR) is 77.0 cm³/mol. The molecule has 1 amide bonds. The van der Waals surface area contributed by atoms with E-state index < -0.39 is 11.7 Å². The van der Waals surface area contributed by atoms with E-state index in [2.05, 4.69) is 31.4 Å². The summed E-state index contributed by atoms with van der Waals surface area (Å²) in [6.07, 6.45) is 0. The molecule has 0 unspecified atom stereocenters. The summed E-state index contributed by atoms with van der Waals surface area (Å²) in [7, 11) is 1.88. The van der Waals surface area contributed by atoms with Crippen LogP contribution in [0.5, 0.6) is 0 Å². The summed E-state index contributed by atoms with van der Waals surface area (Å²) < 4.78 is 2.61. The van der Waals surface area contributed by atoms with Crippen LogP contribution in [-0.4, -0.2) is 26.5 Å². The Hall–Kier alpha value is -1.67. The van der Waals surface area contributed by atoms with Crippen molar-refractivity contribution >= 4 is 45.1 Å². The summed E-state index contributed by atoms with van der Waals surface area (Å²) in [6.45, 7) is 1.87. The van der Waals surface area contributed by atoms with Crippen LogP contribution in [0.3, 0.4) is 0 Å². The minimum atomic E-state index is -0.594. The molecule has 0 spiro atoms. The fourth-order valence-electron chi connectivity index (χ4n) is 1.80. The monoisotopic (exact) mass is 352 g/mol. The van der Waals surface area contributed by atoms with E-state index in [1.165, 1.54) is 11.8 Å². The number of hydrogen-bond donors (Lipinski definition) is 1. The molecule has 2 aromatic rings. The lowest BCUT2D eigenvalue weighted by Gasteiger charge is -2.06. The van der Waals surface area contributed by atoms with Crippen LogP contribution in [-0.2, 0) is 11.8 Å². The molecule has 0 saturated heterocycles. The molecule has 0 fully saturated rings. The van der Waals surface area contributed by atoms with Crippen molar-refractivity contribution in [2.75, 3.05) is 5.32 Å². The molecular formula is C12H9BrN4O2S. The van der Waals surface area contributed by atoms with E-state index in [9.17, 15) is 9.59 Å². The third-order valence-electron chi connectivity index (χ3n) is 3.02. The number of ketones is 1. The van der Waals surface area contributed by atoms with Crippen LogP contribution in [0.1, 0.15) is 16.2 Å². The summed E-state index contributed by atoms with van der Waals surface area (Å²) in [5.41, 5.74) is 0.921. The molecule has 1 N–H and O–H groups in total. The third kappa shape index (κ3) is 2.04. The number of benzene rings is 1. The third-order valence-corrected chi connectivity index (χ3v) is 5.04. The van der Waals surface area contributed by atoms with Crippen molar-refractivity contribution in [2.24, 2.45) is 7.05 Å². The maximum absolute atomic E-state index is 11.6. The van der Waals surface area contributed by atoms with E-state index in [1.54, 1.807) is 12.1 Å². The predicted octanol–water partition coefficient (Wildman–Crippen LogP) is 2.17. The quantitative estimate of drug-likeness (QED) is 0.838. The van der Waals surface area contributed by atoms with Crippen LogP contribution in [0.2, 0.25) is 0 Å². The van der Waals surface area contributed by atoms with Crippen LogP contribution >= 0.6 is 27.7 Å². The number of halogens is 1. The highest BCUT2D eigenvalue weighted by molar-refractivity contribution is 9.10. The SMILES string of the molecule is Cc1nnc(Sc2cc3c(cc2Br)C(=O)C(=O)N3)n1C. The van der Waals surface area contributed by atoms with Gasteiger partial charge in [0.2, 0.25) is 0 Å². The van der Waals surface area contributed by atoms with Crippen molar-refractivity contribution in [3.8, 4) is 0 Å². The summed E-state index contributed by atoms with van der Waals surface area (Å²) in [4.78, 5) is 23.8. The standard InChI is InChI=1S/C12H9BrN4O2S/c1-5-15-16-12(17(5)2)20-9-4-8-6(3-7(9)13)10(18)11(19)14-8/h3-4H,1-2H3,(H,14,18,19). The van der Waals surface area contributed by atoms with Gasteiger partial charge in [0.15, 0.2) is 5.16 Å². The Morgan fingerprint density at radius 3 is 2.70 bits per heavy atom. The normalized spacial score (nSPS) is 13.6. The number of carbonyl (C=O) groups excluding carboxylic acids is 2. The molecule has 1 aliphatic heterocycles. The lowest BCUT2D eigenvalue weighted by atomic mass is 10.1. The molecular weight excluding hydrogens is 344 g/mol. The highest BCUT2D eigenvalue weighted by Crippen LogP contribution is 2.38. The number of amides is 1. The second kappa shape index (κ2) is 4.71. The molecule has 1 aromatic carbocycles. The first kappa shape index (κ1) is 13.3. The first-order valence-electron chi connectivity index (χ1n) is 5.70. The fraction of sp³-hybridized carbons (Fsp3) is 0.167. The van der Waals surface area contributed by atoms with Gasteiger partial charge >= 0.3 is 0 Å². The van der Waals surface area contributed by atoms with Gasteiger partial charge in [-0.1, -0.05) is 0 Å². The van der Waals surface area contributed by atoms with E-state index in [0.29, 0.717) is 11.3 Å². The van der Waals surface area contributed by atoms with Gasteiger partial charge < -0.3 is 9.88 Å². The largest absolute Gasteiger partial charge is 0.318 e. The van der Waals surface area contributed by atoms with Crippen molar-refractivity contribution in [3.63, 3.8) is 0 Å². The van der Waals surface area contributed by atoms with E-state index in [-0.39, 0.29) is 0 Å². The van der Waals surface area contributed by atoms with Gasteiger partial charge in [-0.2, -0.15) is 0 Å². The summed E-state index contributed by atoms with van der Waals surface area (Å²) >= 11 is 4.83. The van der Waals surface area contributed by atoms with Crippen LogP contribution < -0.4 is 5.32 Å². The van der Waals surface area contributed by atoms with Crippen molar-refractivity contribution in [3.05, 3.63) is 28.0 Å². The lowest BCUT2D eigenvalue weighted by molar-refractivity contribution is -0.112. The van der Waals surface area contributed by atoms with Gasteiger partial charge in [0.05, 0.1) is 11.3 Å². The zero-order valence-corrected chi connectivity index (χ0v) is 13.0. The van der Waals surface area contributed by atoms with Crippen molar-refractivity contribution in [1.82, 2.24) is 14.8 Å². The lowest BCUT2D eigenvalue weighted by Crippen LogP contribution is -2.12.